The van der Waals surface area contributed by atoms with Gasteiger partial charge in [-0.05, 0) is 43.5 Å². The van der Waals surface area contributed by atoms with Gasteiger partial charge in [0.2, 0.25) is 17.7 Å². The van der Waals surface area contributed by atoms with Crippen LogP contribution >= 0.6 is 0 Å². The molecule has 0 saturated carbocycles. The second-order valence-corrected chi connectivity index (χ2v) is 5.86. The van der Waals surface area contributed by atoms with Crippen LogP contribution in [-0.4, -0.2) is 34.1 Å². The van der Waals surface area contributed by atoms with Gasteiger partial charge in [-0.15, -0.1) is 10.2 Å². The zero-order valence-corrected chi connectivity index (χ0v) is 13.2. The lowest BCUT2D eigenvalue weighted by molar-refractivity contribution is -0.132. The van der Waals surface area contributed by atoms with Gasteiger partial charge in [0, 0.05) is 31.0 Å². The fourth-order valence-electron chi connectivity index (χ4n) is 2.86. The molecule has 1 aromatic heterocycles. The Morgan fingerprint density at radius 1 is 1.26 bits per heavy atom. The molecule has 23 heavy (non-hydrogen) atoms. The lowest BCUT2D eigenvalue weighted by Gasteiger charge is -2.30. The van der Waals surface area contributed by atoms with Crippen molar-refractivity contribution in [3.05, 3.63) is 36.0 Å². The third-order valence-corrected chi connectivity index (χ3v) is 4.19. The smallest absolute Gasteiger partial charge is 0.247 e. The largest absolute Gasteiger partial charge is 0.420 e. The highest BCUT2D eigenvalue weighted by Crippen LogP contribution is 2.29. The molecule has 1 amide bonds. The SMILES string of the molecule is CCCC(=O)N1CCC(c2nnc(-c3ccc(F)cc3)o2)CC1. The third kappa shape index (κ3) is 3.57. The first kappa shape index (κ1) is 15.6. The van der Waals surface area contributed by atoms with Gasteiger partial charge < -0.3 is 9.32 Å². The van der Waals surface area contributed by atoms with Crippen molar-refractivity contribution >= 4 is 5.91 Å². The lowest BCUT2D eigenvalue weighted by Crippen LogP contribution is -2.37. The van der Waals surface area contributed by atoms with E-state index in [1.807, 2.05) is 11.8 Å². The van der Waals surface area contributed by atoms with Crippen LogP contribution in [-0.2, 0) is 4.79 Å². The number of rotatable bonds is 4. The number of halogens is 1. The van der Waals surface area contributed by atoms with E-state index in [4.69, 9.17) is 4.42 Å². The number of likely N-dealkylation sites (tertiary alicyclic amines) is 1. The summed E-state index contributed by atoms with van der Waals surface area (Å²) < 4.78 is 18.7. The molecule has 0 bridgehead atoms. The zero-order chi connectivity index (χ0) is 16.2. The summed E-state index contributed by atoms with van der Waals surface area (Å²) in [6.45, 7) is 3.48. The van der Waals surface area contributed by atoms with Gasteiger partial charge in [-0.2, -0.15) is 0 Å². The predicted octanol–water partition coefficient (Wildman–Crippen LogP) is 3.38. The number of carbonyl (C=O) groups is 1. The summed E-state index contributed by atoms with van der Waals surface area (Å²) in [5.41, 5.74) is 0.709. The second kappa shape index (κ2) is 6.89. The Balaban J connectivity index is 1.63. The summed E-state index contributed by atoms with van der Waals surface area (Å²) in [6.07, 6.45) is 3.16. The lowest BCUT2D eigenvalue weighted by atomic mass is 9.96. The summed E-state index contributed by atoms with van der Waals surface area (Å²) in [7, 11) is 0. The first-order chi connectivity index (χ1) is 11.2. The molecule has 1 aromatic carbocycles. The van der Waals surface area contributed by atoms with Crippen LogP contribution in [0.25, 0.3) is 11.5 Å². The van der Waals surface area contributed by atoms with Gasteiger partial charge in [0.1, 0.15) is 5.82 Å². The van der Waals surface area contributed by atoms with Crippen molar-refractivity contribution in [1.29, 1.82) is 0 Å². The van der Waals surface area contributed by atoms with Crippen LogP contribution < -0.4 is 0 Å². The highest BCUT2D eigenvalue weighted by molar-refractivity contribution is 5.76. The number of benzene rings is 1. The Morgan fingerprint density at radius 3 is 2.61 bits per heavy atom. The molecule has 0 spiro atoms. The molecule has 2 aromatic rings. The molecule has 6 heteroatoms. The van der Waals surface area contributed by atoms with Crippen LogP contribution in [0.4, 0.5) is 4.39 Å². The van der Waals surface area contributed by atoms with Crippen LogP contribution in [0.3, 0.4) is 0 Å². The minimum atomic E-state index is -0.294. The number of hydrogen-bond donors (Lipinski definition) is 0. The first-order valence-corrected chi connectivity index (χ1v) is 8.04. The number of nitrogens with zero attached hydrogens (tertiary/aromatic N) is 3. The first-order valence-electron chi connectivity index (χ1n) is 8.04. The normalized spacial score (nSPS) is 15.8. The Bertz CT molecular complexity index is 661. The molecule has 122 valence electrons. The van der Waals surface area contributed by atoms with E-state index < -0.39 is 0 Å². The number of carbonyl (C=O) groups excluding carboxylic acids is 1. The molecule has 3 rings (SSSR count). The van der Waals surface area contributed by atoms with Crippen molar-refractivity contribution in [1.82, 2.24) is 15.1 Å². The summed E-state index contributed by atoms with van der Waals surface area (Å²) in [5, 5.41) is 8.19. The van der Waals surface area contributed by atoms with Gasteiger partial charge in [-0.3, -0.25) is 4.79 Å². The van der Waals surface area contributed by atoms with E-state index in [1.165, 1.54) is 12.1 Å². The summed E-state index contributed by atoms with van der Waals surface area (Å²) >= 11 is 0. The fraction of sp³-hybridized carbons (Fsp3) is 0.471. The molecule has 0 N–H and O–H groups in total. The Hall–Kier alpha value is -2.24. The zero-order valence-electron chi connectivity index (χ0n) is 13.2. The molecular formula is C17H20FN3O2. The van der Waals surface area contributed by atoms with E-state index in [1.54, 1.807) is 12.1 Å². The summed E-state index contributed by atoms with van der Waals surface area (Å²) in [4.78, 5) is 13.8. The number of aromatic nitrogens is 2. The highest BCUT2D eigenvalue weighted by atomic mass is 19.1. The average Bonchev–Trinajstić information content (AvgIpc) is 3.06. The van der Waals surface area contributed by atoms with Crippen molar-refractivity contribution in [3.63, 3.8) is 0 Å². The predicted molar refractivity (Wildman–Crippen MR) is 83.2 cm³/mol. The summed E-state index contributed by atoms with van der Waals surface area (Å²) in [6, 6.07) is 5.99. The molecule has 1 aliphatic heterocycles. The molecule has 1 fully saturated rings. The van der Waals surface area contributed by atoms with Crippen LogP contribution in [0.5, 0.6) is 0 Å². The third-order valence-electron chi connectivity index (χ3n) is 4.19. The van der Waals surface area contributed by atoms with Crippen molar-refractivity contribution in [3.8, 4) is 11.5 Å². The van der Waals surface area contributed by atoms with Crippen molar-refractivity contribution in [2.45, 2.75) is 38.5 Å². The van der Waals surface area contributed by atoms with Gasteiger partial charge >= 0.3 is 0 Å². The minimum absolute atomic E-state index is 0.183. The van der Waals surface area contributed by atoms with E-state index in [2.05, 4.69) is 10.2 Å². The maximum absolute atomic E-state index is 13.0. The molecule has 0 aliphatic carbocycles. The standard InChI is InChI=1S/C17H20FN3O2/c1-2-3-15(22)21-10-8-13(9-11-21)17-20-19-16(23-17)12-4-6-14(18)7-5-12/h4-7,13H,2-3,8-11H2,1H3. The maximum Gasteiger partial charge on any atom is 0.247 e. The maximum atomic E-state index is 13.0. The minimum Gasteiger partial charge on any atom is -0.420 e. The van der Waals surface area contributed by atoms with Gasteiger partial charge in [-0.1, -0.05) is 6.92 Å². The monoisotopic (exact) mass is 317 g/mol. The van der Waals surface area contributed by atoms with Crippen LogP contribution in [0.15, 0.2) is 28.7 Å². The molecule has 2 heterocycles. The van der Waals surface area contributed by atoms with E-state index in [0.717, 1.165) is 32.4 Å². The van der Waals surface area contributed by atoms with E-state index in [0.29, 0.717) is 23.8 Å². The van der Waals surface area contributed by atoms with Crippen LogP contribution in [0, 0.1) is 5.82 Å². The average molecular weight is 317 g/mol. The van der Waals surface area contributed by atoms with E-state index in [-0.39, 0.29) is 17.6 Å². The molecule has 1 saturated heterocycles. The number of piperidine rings is 1. The van der Waals surface area contributed by atoms with Gasteiger partial charge in [0.15, 0.2) is 0 Å². The molecule has 1 aliphatic rings. The van der Waals surface area contributed by atoms with Crippen LogP contribution in [0.2, 0.25) is 0 Å². The molecule has 5 nitrogen and oxygen atoms in total. The number of hydrogen-bond acceptors (Lipinski definition) is 4. The van der Waals surface area contributed by atoms with Gasteiger partial charge in [0.25, 0.3) is 0 Å². The molecule has 0 radical (unpaired) electrons. The molecular weight excluding hydrogens is 297 g/mol. The van der Waals surface area contributed by atoms with Crippen LogP contribution in [0.1, 0.15) is 44.4 Å². The highest BCUT2D eigenvalue weighted by Gasteiger charge is 2.27. The Kier molecular flexibility index (Phi) is 4.69. The summed E-state index contributed by atoms with van der Waals surface area (Å²) in [5.74, 6) is 1.12. The number of amides is 1. The molecule has 0 unspecified atom stereocenters. The topological polar surface area (TPSA) is 59.2 Å². The van der Waals surface area contributed by atoms with Gasteiger partial charge in [0.05, 0.1) is 0 Å². The quantitative estimate of drug-likeness (QED) is 0.867. The van der Waals surface area contributed by atoms with Gasteiger partial charge in [-0.25, -0.2) is 4.39 Å². The fourth-order valence-corrected chi connectivity index (χ4v) is 2.86. The Labute approximate surface area is 134 Å². The van der Waals surface area contributed by atoms with Crippen molar-refractivity contribution in [2.24, 2.45) is 0 Å². The van der Waals surface area contributed by atoms with Crippen molar-refractivity contribution in [2.75, 3.05) is 13.1 Å². The Morgan fingerprint density at radius 2 is 1.96 bits per heavy atom. The van der Waals surface area contributed by atoms with Crippen molar-refractivity contribution < 1.29 is 13.6 Å². The second-order valence-electron chi connectivity index (χ2n) is 5.86. The van der Waals surface area contributed by atoms with E-state index >= 15 is 0 Å². The molecule has 0 atom stereocenters. The van der Waals surface area contributed by atoms with E-state index in [9.17, 15) is 9.18 Å².